The number of hydrogen-bond donors (Lipinski definition) is 2. The SMILES string of the molecule is CCC/C=C/C(O)C(COP(=O)([O-])OCC[N+](C)(C)C)NC(=O)CCCCCCCCCC. The lowest BCUT2D eigenvalue weighted by atomic mass is 10.1. The fourth-order valence-corrected chi connectivity index (χ4v) is 3.82. The smallest absolute Gasteiger partial charge is 0.268 e. The lowest BCUT2D eigenvalue weighted by molar-refractivity contribution is -0.870. The summed E-state index contributed by atoms with van der Waals surface area (Å²) < 4.78 is 22.5. The summed E-state index contributed by atoms with van der Waals surface area (Å²) in [6, 6.07) is -0.871. The minimum atomic E-state index is -4.54. The molecular weight excluding hydrogens is 443 g/mol. The third-order valence-corrected chi connectivity index (χ3v) is 6.19. The molecule has 1 amide bonds. The second kappa shape index (κ2) is 18.6. The van der Waals surface area contributed by atoms with Crippen LogP contribution in [0.25, 0.3) is 0 Å². The molecule has 0 heterocycles. The van der Waals surface area contributed by atoms with Crippen LogP contribution in [0.2, 0.25) is 0 Å². The number of likely N-dealkylation sites (N-methyl/N-ethyl adjacent to an activating group) is 1. The Labute approximate surface area is 201 Å². The third-order valence-electron chi connectivity index (χ3n) is 5.23. The highest BCUT2D eigenvalue weighted by molar-refractivity contribution is 7.45. The average molecular weight is 493 g/mol. The van der Waals surface area contributed by atoms with E-state index in [0.717, 1.165) is 32.1 Å². The number of allylic oxidation sites excluding steroid dienone is 1. The largest absolute Gasteiger partial charge is 0.756 e. The monoisotopic (exact) mass is 492 g/mol. The Balaban J connectivity index is 4.59. The summed E-state index contributed by atoms with van der Waals surface area (Å²) >= 11 is 0. The van der Waals surface area contributed by atoms with Gasteiger partial charge in [-0.15, -0.1) is 0 Å². The predicted octanol–water partition coefficient (Wildman–Crippen LogP) is 3.93. The molecular formula is C24H49N2O6P. The van der Waals surface area contributed by atoms with Gasteiger partial charge in [-0.25, -0.2) is 0 Å². The number of carbonyl (C=O) groups excluding carboxylic acids is 1. The van der Waals surface area contributed by atoms with Crippen molar-refractivity contribution in [2.24, 2.45) is 0 Å². The van der Waals surface area contributed by atoms with Crippen LogP contribution in [0.5, 0.6) is 0 Å². The summed E-state index contributed by atoms with van der Waals surface area (Å²) in [5.41, 5.74) is 0. The van der Waals surface area contributed by atoms with Gasteiger partial charge in [0.15, 0.2) is 0 Å². The molecule has 0 aliphatic heterocycles. The summed E-state index contributed by atoms with van der Waals surface area (Å²) in [4.78, 5) is 24.5. The van der Waals surface area contributed by atoms with E-state index in [1.807, 2.05) is 34.1 Å². The molecule has 0 aliphatic carbocycles. The number of nitrogens with zero attached hydrogens (tertiary/aromatic N) is 1. The zero-order valence-electron chi connectivity index (χ0n) is 21.6. The van der Waals surface area contributed by atoms with Crippen LogP contribution in [0, 0.1) is 0 Å². The number of carbonyl (C=O) groups is 1. The van der Waals surface area contributed by atoms with Crippen LogP contribution in [0.4, 0.5) is 0 Å². The molecule has 0 saturated heterocycles. The number of phosphoric ester groups is 1. The van der Waals surface area contributed by atoms with Gasteiger partial charge in [-0.2, -0.15) is 0 Å². The molecule has 8 nitrogen and oxygen atoms in total. The van der Waals surface area contributed by atoms with Crippen LogP contribution in [-0.4, -0.2) is 68.5 Å². The van der Waals surface area contributed by atoms with Gasteiger partial charge in [-0.1, -0.05) is 77.4 Å². The summed E-state index contributed by atoms with van der Waals surface area (Å²) in [6.45, 7) is 4.33. The molecule has 33 heavy (non-hydrogen) atoms. The van der Waals surface area contributed by atoms with Crippen LogP contribution < -0.4 is 10.2 Å². The van der Waals surface area contributed by atoms with Crippen molar-refractivity contribution in [3.8, 4) is 0 Å². The summed E-state index contributed by atoms with van der Waals surface area (Å²) in [7, 11) is 1.25. The van der Waals surface area contributed by atoms with E-state index >= 15 is 0 Å². The number of unbranched alkanes of at least 4 members (excludes halogenated alkanes) is 8. The lowest BCUT2D eigenvalue weighted by Crippen LogP contribution is -2.45. The molecule has 3 atom stereocenters. The minimum Gasteiger partial charge on any atom is -0.756 e. The Morgan fingerprint density at radius 2 is 1.64 bits per heavy atom. The second-order valence-corrected chi connectivity index (χ2v) is 11.1. The normalized spacial score (nSPS) is 16.0. The van der Waals surface area contributed by atoms with Crippen LogP contribution in [0.1, 0.15) is 84.5 Å². The molecule has 0 radical (unpaired) electrons. The Hall–Kier alpha value is -0.760. The Bertz CT molecular complexity index is 580. The molecule has 0 spiro atoms. The topological polar surface area (TPSA) is 108 Å². The van der Waals surface area contributed by atoms with Crippen molar-refractivity contribution in [1.82, 2.24) is 5.32 Å². The molecule has 196 valence electrons. The van der Waals surface area contributed by atoms with E-state index in [-0.39, 0.29) is 19.1 Å². The molecule has 0 saturated carbocycles. The fourth-order valence-electron chi connectivity index (χ4n) is 3.10. The molecule has 0 aromatic rings. The van der Waals surface area contributed by atoms with Crippen molar-refractivity contribution in [1.29, 1.82) is 0 Å². The van der Waals surface area contributed by atoms with Crippen LogP contribution in [-0.2, 0) is 18.4 Å². The average Bonchev–Trinajstić information content (AvgIpc) is 2.72. The minimum absolute atomic E-state index is 0.00129. The summed E-state index contributed by atoms with van der Waals surface area (Å²) in [5.74, 6) is -0.218. The first-order valence-electron chi connectivity index (χ1n) is 12.6. The van der Waals surface area contributed by atoms with Gasteiger partial charge in [0.2, 0.25) is 5.91 Å². The van der Waals surface area contributed by atoms with Gasteiger partial charge >= 0.3 is 0 Å². The first-order chi connectivity index (χ1) is 15.5. The van der Waals surface area contributed by atoms with Gasteiger partial charge in [0.05, 0.1) is 39.9 Å². The first-order valence-corrected chi connectivity index (χ1v) is 14.0. The van der Waals surface area contributed by atoms with Crippen LogP contribution in [0.3, 0.4) is 0 Å². The molecule has 0 aromatic heterocycles. The van der Waals surface area contributed by atoms with Gasteiger partial charge < -0.3 is 28.8 Å². The maximum absolute atomic E-state index is 12.4. The lowest BCUT2D eigenvalue weighted by Gasteiger charge is -2.29. The highest BCUT2D eigenvalue weighted by atomic mass is 31.2. The van der Waals surface area contributed by atoms with Crippen molar-refractivity contribution in [2.45, 2.75) is 96.6 Å². The van der Waals surface area contributed by atoms with E-state index in [1.165, 1.54) is 32.1 Å². The molecule has 9 heteroatoms. The molecule has 3 unspecified atom stereocenters. The molecule has 0 bridgehead atoms. The van der Waals surface area contributed by atoms with Gasteiger partial charge in [-0.3, -0.25) is 9.36 Å². The predicted molar refractivity (Wildman–Crippen MR) is 132 cm³/mol. The number of phosphoric acid groups is 1. The van der Waals surface area contributed by atoms with E-state index in [1.54, 1.807) is 6.08 Å². The maximum Gasteiger partial charge on any atom is 0.268 e. The van der Waals surface area contributed by atoms with Crippen molar-refractivity contribution in [3.05, 3.63) is 12.2 Å². The number of aliphatic hydroxyl groups excluding tert-OH is 1. The second-order valence-electron chi connectivity index (χ2n) is 9.70. The van der Waals surface area contributed by atoms with Crippen molar-refractivity contribution < 1.29 is 32.9 Å². The van der Waals surface area contributed by atoms with E-state index < -0.39 is 20.0 Å². The number of amides is 1. The van der Waals surface area contributed by atoms with Gasteiger partial charge in [0.1, 0.15) is 13.2 Å². The fraction of sp³-hybridized carbons (Fsp3) is 0.875. The maximum atomic E-state index is 12.4. The van der Waals surface area contributed by atoms with Gasteiger partial charge in [0, 0.05) is 6.42 Å². The first kappa shape index (κ1) is 32.2. The standard InChI is InChI=1S/C24H49N2O6P/c1-6-8-10-11-12-13-14-16-18-24(28)25-22(23(27)17-15-9-7-2)21-32-33(29,30)31-20-19-26(3,4)5/h15,17,22-23,27H,6-14,16,18-21H2,1-5H3,(H-,25,28,29,30)/b17-15+. The van der Waals surface area contributed by atoms with E-state index in [4.69, 9.17) is 9.05 Å². The van der Waals surface area contributed by atoms with Crippen molar-refractivity contribution in [2.75, 3.05) is 40.9 Å². The van der Waals surface area contributed by atoms with E-state index in [0.29, 0.717) is 17.4 Å². The van der Waals surface area contributed by atoms with Crippen LogP contribution in [0.15, 0.2) is 12.2 Å². The third kappa shape index (κ3) is 20.3. The number of rotatable bonds is 21. The molecule has 0 aliphatic rings. The Morgan fingerprint density at radius 1 is 1.03 bits per heavy atom. The van der Waals surface area contributed by atoms with Crippen molar-refractivity contribution >= 4 is 13.7 Å². The zero-order valence-corrected chi connectivity index (χ0v) is 22.5. The molecule has 0 rings (SSSR count). The van der Waals surface area contributed by atoms with Crippen LogP contribution >= 0.6 is 7.82 Å². The number of quaternary nitrogens is 1. The number of hydrogen-bond acceptors (Lipinski definition) is 6. The highest BCUT2D eigenvalue weighted by Gasteiger charge is 2.23. The van der Waals surface area contributed by atoms with Gasteiger partial charge in [-0.05, 0) is 12.8 Å². The summed E-state index contributed by atoms with van der Waals surface area (Å²) in [6.07, 6.45) is 13.4. The highest BCUT2D eigenvalue weighted by Crippen LogP contribution is 2.38. The Kier molecular flexibility index (Phi) is 18.1. The number of aliphatic hydroxyl groups is 1. The van der Waals surface area contributed by atoms with E-state index in [9.17, 15) is 19.4 Å². The quantitative estimate of drug-likeness (QED) is 0.109. The van der Waals surface area contributed by atoms with Crippen molar-refractivity contribution in [3.63, 3.8) is 0 Å². The Morgan fingerprint density at radius 3 is 2.21 bits per heavy atom. The molecule has 0 aromatic carbocycles. The molecule has 2 N–H and O–H groups in total. The number of nitrogens with one attached hydrogen (secondary N) is 1. The van der Waals surface area contributed by atoms with Gasteiger partial charge in [0.25, 0.3) is 7.82 Å². The summed E-state index contributed by atoms with van der Waals surface area (Å²) in [5, 5.41) is 13.2. The zero-order chi connectivity index (χ0) is 25.2. The molecule has 0 fully saturated rings. The van der Waals surface area contributed by atoms with E-state index in [2.05, 4.69) is 12.2 Å².